The molecule has 0 bridgehead atoms. The highest BCUT2D eigenvalue weighted by Crippen LogP contribution is 2.24. The molecule has 4 nitrogen and oxygen atoms in total. The van der Waals surface area contributed by atoms with Crippen LogP contribution < -0.4 is 5.73 Å². The zero-order chi connectivity index (χ0) is 15.4. The summed E-state index contributed by atoms with van der Waals surface area (Å²) in [6.45, 7) is 4.30. The first-order chi connectivity index (χ1) is 10.0. The van der Waals surface area contributed by atoms with Crippen LogP contribution in [0.15, 0.2) is 39.8 Å². The Bertz CT molecular complexity index is 638. The van der Waals surface area contributed by atoms with E-state index in [2.05, 4.69) is 34.9 Å². The van der Waals surface area contributed by atoms with Crippen molar-refractivity contribution >= 4 is 32.4 Å². The molecule has 2 aromatic rings. The van der Waals surface area contributed by atoms with E-state index in [9.17, 15) is 4.21 Å². The SMILES string of the molecule is CCC(CC)n1ccc(CS(=O)c2ccc(N)cc2Br)n1. The molecule has 0 aliphatic carbocycles. The van der Waals surface area contributed by atoms with Crippen molar-refractivity contribution in [2.45, 2.75) is 43.4 Å². The van der Waals surface area contributed by atoms with Crippen LogP contribution in [0.4, 0.5) is 5.69 Å². The topological polar surface area (TPSA) is 60.9 Å². The molecule has 0 saturated carbocycles. The number of hydrogen-bond donors (Lipinski definition) is 1. The van der Waals surface area contributed by atoms with Gasteiger partial charge in [0.1, 0.15) is 0 Å². The standard InChI is InChI=1S/C15H20BrN3OS/c1-3-13(4-2)19-8-7-12(18-19)10-21(20)15-6-5-11(17)9-14(15)16/h5-9,13H,3-4,10,17H2,1-2H3. The Morgan fingerprint density at radius 2 is 2.05 bits per heavy atom. The fraction of sp³-hybridized carbons (Fsp3) is 0.400. The molecule has 0 aliphatic heterocycles. The average molecular weight is 370 g/mol. The number of rotatable bonds is 6. The Morgan fingerprint density at radius 3 is 2.67 bits per heavy atom. The zero-order valence-corrected chi connectivity index (χ0v) is 14.7. The predicted octanol–water partition coefficient (Wildman–Crippen LogP) is 3.90. The summed E-state index contributed by atoms with van der Waals surface area (Å²) in [4.78, 5) is 0.751. The monoisotopic (exact) mass is 369 g/mol. The minimum absolute atomic E-state index is 0.412. The van der Waals surface area contributed by atoms with Crippen molar-refractivity contribution in [2.24, 2.45) is 0 Å². The summed E-state index contributed by atoms with van der Waals surface area (Å²) in [5.74, 6) is 0.412. The number of halogens is 1. The van der Waals surface area contributed by atoms with Crippen LogP contribution in [0.3, 0.4) is 0 Å². The quantitative estimate of drug-likeness (QED) is 0.785. The number of nitrogens with zero attached hydrogens (tertiary/aromatic N) is 2. The Hall–Kier alpha value is -1.14. The van der Waals surface area contributed by atoms with Gasteiger partial charge in [0.2, 0.25) is 0 Å². The first-order valence-corrected chi connectivity index (χ1v) is 9.13. The Labute approximate surface area is 136 Å². The van der Waals surface area contributed by atoms with Crippen LogP contribution in [0.25, 0.3) is 0 Å². The molecule has 0 fully saturated rings. The molecule has 1 aromatic carbocycles. The van der Waals surface area contributed by atoms with Gasteiger partial charge in [-0.15, -0.1) is 0 Å². The van der Waals surface area contributed by atoms with Gasteiger partial charge in [0, 0.05) is 16.4 Å². The fourth-order valence-corrected chi connectivity index (χ4v) is 4.25. The number of benzene rings is 1. The first kappa shape index (κ1) is 16.2. The molecule has 1 aromatic heterocycles. The molecule has 1 atom stereocenters. The second kappa shape index (κ2) is 7.22. The van der Waals surface area contributed by atoms with E-state index in [0.717, 1.165) is 27.9 Å². The maximum Gasteiger partial charge on any atom is 0.0753 e. The minimum Gasteiger partial charge on any atom is -0.399 e. The molecule has 0 saturated heterocycles. The van der Waals surface area contributed by atoms with Crippen molar-refractivity contribution in [2.75, 3.05) is 5.73 Å². The van der Waals surface area contributed by atoms with Crippen LogP contribution >= 0.6 is 15.9 Å². The largest absolute Gasteiger partial charge is 0.399 e. The lowest BCUT2D eigenvalue weighted by Crippen LogP contribution is -2.08. The van der Waals surface area contributed by atoms with Gasteiger partial charge in [-0.3, -0.25) is 8.89 Å². The van der Waals surface area contributed by atoms with E-state index in [1.54, 1.807) is 18.2 Å². The Balaban J connectivity index is 2.13. The summed E-state index contributed by atoms with van der Waals surface area (Å²) in [6, 6.07) is 7.70. The smallest absolute Gasteiger partial charge is 0.0753 e. The molecule has 0 spiro atoms. The maximum absolute atomic E-state index is 12.5. The van der Waals surface area contributed by atoms with Gasteiger partial charge in [0.15, 0.2) is 0 Å². The lowest BCUT2D eigenvalue weighted by molar-refractivity contribution is 0.426. The van der Waals surface area contributed by atoms with Crippen LogP contribution in [0, 0.1) is 0 Å². The third-order valence-corrected chi connectivity index (χ3v) is 5.78. The van der Waals surface area contributed by atoms with E-state index in [-0.39, 0.29) is 0 Å². The summed E-state index contributed by atoms with van der Waals surface area (Å²) in [6.07, 6.45) is 4.07. The van der Waals surface area contributed by atoms with Crippen molar-refractivity contribution in [3.8, 4) is 0 Å². The molecule has 114 valence electrons. The highest BCUT2D eigenvalue weighted by atomic mass is 79.9. The molecular formula is C15H20BrN3OS. The molecule has 0 aliphatic rings. The summed E-state index contributed by atoms with van der Waals surface area (Å²) in [7, 11) is -1.14. The Kier molecular flexibility index (Phi) is 5.58. The normalized spacial score (nSPS) is 12.8. The Morgan fingerprint density at radius 1 is 1.33 bits per heavy atom. The summed E-state index contributed by atoms with van der Waals surface area (Å²) in [5, 5.41) is 4.55. The number of aromatic nitrogens is 2. The van der Waals surface area contributed by atoms with E-state index in [0.29, 0.717) is 17.5 Å². The maximum atomic E-state index is 12.5. The minimum atomic E-state index is -1.14. The van der Waals surface area contributed by atoms with Crippen molar-refractivity contribution in [1.29, 1.82) is 0 Å². The molecular weight excluding hydrogens is 350 g/mol. The van der Waals surface area contributed by atoms with Crippen LogP contribution in [0.1, 0.15) is 38.4 Å². The van der Waals surface area contributed by atoms with E-state index >= 15 is 0 Å². The molecule has 1 unspecified atom stereocenters. The third-order valence-electron chi connectivity index (χ3n) is 3.46. The molecule has 0 amide bonds. The summed E-state index contributed by atoms with van der Waals surface area (Å²) < 4.78 is 15.2. The zero-order valence-electron chi connectivity index (χ0n) is 12.3. The lowest BCUT2D eigenvalue weighted by Gasteiger charge is -2.12. The van der Waals surface area contributed by atoms with E-state index in [1.165, 1.54) is 0 Å². The molecule has 2 rings (SSSR count). The number of anilines is 1. The van der Waals surface area contributed by atoms with Crippen LogP contribution in [-0.2, 0) is 16.6 Å². The van der Waals surface area contributed by atoms with Crippen LogP contribution in [0.5, 0.6) is 0 Å². The molecule has 6 heteroatoms. The molecule has 21 heavy (non-hydrogen) atoms. The van der Waals surface area contributed by atoms with Crippen molar-refractivity contribution in [3.05, 3.63) is 40.6 Å². The second-order valence-electron chi connectivity index (χ2n) is 4.94. The third kappa shape index (κ3) is 3.95. The second-order valence-corrected chi connectivity index (χ2v) is 7.21. The van der Waals surface area contributed by atoms with Gasteiger partial charge in [-0.05, 0) is 53.0 Å². The average Bonchev–Trinajstić information content (AvgIpc) is 2.88. The fourth-order valence-electron chi connectivity index (χ4n) is 2.23. The molecule has 2 N–H and O–H groups in total. The van der Waals surface area contributed by atoms with Gasteiger partial charge < -0.3 is 5.73 Å². The van der Waals surface area contributed by atoms with E-state index < -0.39 is 10.8 Å². The highest BCUT2D eigenvalue weighted by Gasteiger charge is 2.13. The van der Waals surface area contributed by atoms with Crippen molar-refractivity contribution in [1.82, 2.24) is 9.78 Å². The first-order valence-electron chi connectivity index (χ1n) is 7.02. The number of nitrogens with two attached hydrogens (primary N) is 1. The molecule has 0 radical (unpaired) electrons. The van der Waals surface area contributed by atoms with Crippen molar-refractivity contribution in [3.63, 3.8) is 0 Å². The van der Waals surface area contributed by atoms with E-state index in [1.807, 2.05) is 16.9 Å². The van der Waals surface area contributed by atoms with Gasteiger partial charge in [-0.1, -0.05) is 13.8 Å². The lowest BCUT2D eigenvalue weighted by atomic mass is 10.2. The predicted molar refractivity (Wildman–Crippen MR) is 90.5 cm³/mol. The van der Waals surface area contributed by atoms with Gasteiger partial charge in [0.25, 0.3) is 0 Å². The molecule has 1 heterocycles. The van der Waals surface area contributed by atoms with Gasteiger partial charge >= 0.3 is 0 Å². The van der Waals surface area contributed by atoms with Crippen LogP contribution in [0.2, 0.25) is 0 Å². The number of hydrogen-bond acceptors (Lipinski definition) is 3. The van der Waals surface area contributed by atoms with Crippen molar-refractivity contribution < 1.29 is 4.21 Å². The van der Waals surface area contributed by atoms with Gasteiger partial charge in [-0.2, -0.15) is 5.10 Å². The summed E-state index contributed by atoms with van der Waals surface area (Å²) >= 11 is 3.41. The van der Waals surface area contributed by atoms with Crippen LogP contribution in [-0.4, -0.2) is 14.0 Å². The number of nitrogen functional groups attached to an aromatic ring is 1. The summed E-state index contributed by atoms with van der Waals surface area (Å²) in [5.41, 5.74) is 7.21. The highest BCUT2D eigenvalue weighted by molar-refractivity contribution is 9.10. The van der Waals surface area contributed by atoms with Gasteiger partial charge in [-0.25, -0.2) is 0 Å². The van der Waals surface area contributed by atoms with Gasteiger partial charge in [0.05, 0.1) is 33.2 Å². The van der Waals surface area contributed by atoms with E-state index in [4.69, 9.17) is 5.73 Å².